The summed E-state index contributed by atoms with van der Waals surface area (Å²) in [4.78, 5) is 9.66. The van der Waals surface area contributed by atoms with Crippen molar-refractivity contribution >= 4 is 29.9 Å². The van der Waals surface area contributed by atoms with E-state index in [2.05, 4.69) is 40.5 Å². The fourth-order valence-corrected chi connectivity index (χ4v) is 3.33. The fourth-order valence-electron chi connectivity index (χ4n) is 3.33. The lowest BCUT2D eigenvalue weighted by Gasteiger charge is -2.19. The maximum atomic E-state index is 5.38. The molecule has 0 aromatic heterocycles. The van der Waals surface area contributed by atoms with Crippen LogP contribution in [0.15, 0.2) is 23.2 Å². The number of hydrogen-bond donors (Lipinski definition) is 2. The Kier molecular flexibility index (Phi) is 13.0. The van der Waals surface area contributed by atoms with Gasteiger partial charge in [-0.15, -0.1) is 24.0 Å². The second-order valence-electron chi connectivity index (χ2n) is 7.13. The number of nitrogens with zero attached hydrogens (tertiary/aromatic N) is 3. The number of hydrogen-bond acceptors (Lipinski definition) is 5. The lowest BCUT2D eigenvalue weighted by molar-refractivity contribution is 0.283. The molecule has 1 aromatic rings. The van der Waals surface area contributed by atoms with Gasteiger partial charge in [0.25, 0.3) is 0 Å². The Bertz CT molecular complexity index is 615. The van der Waals surface area contributed by atoms with Gasteiger partial charge >= 0.3 is 0 Å². The van der Waals surface area contributed by atoms with Gasteiger partial charge in [0, 0.05) is 32.7 Å². The minimum Gasteiger partial charge on any atom is -0.493 e. The highest BCUT2D eigenvalue weighted by Gasteiger charge is 2.11. The van der Waals surface area contributed by atoms with Crippen molar-refractivity contribution in [1.82, 2.24) is 20.4 Å². The summed E-state index contributed by atoms with van der Waals surface area (Å²) in [7, 11) is 5.52. The first-order chi connectivity index (χ1) is 13.7. The van der Waals surface area contributed by atoms with E-state index in [1.54, 1.807) is 14.2 Å². The van der Waals surface area contributed by atoms with Crippen LogP contribution in [-0.4, -0.2) is 89.4 Å². The maximum Gasteiger partial charge on any atom is 0.191 e. The van der Waals surface area contributed by atoms with Crippen LogP contribution in [0, 0.1) is 0 Å². The van der Waals surface area contributed by atoms with Crippen molar-refractivity contribution in [3.8, 4) is 11.5 Å². The predicted octanol–water partition coefficient (Wildman–Crippen LogP) is 2.06. The van der Waals surface area contributed by atoms with E-state index in [4.69, 9.17) is 14.5 Å². The molecule has 2 N–H and O–H groups in total. The van der Waals surface area contributed by atoms with Gasteiger partial charge in [0.05, 0.1) is 20.8 Å². The zero-order chi connectivity index (χ0) is 20.2. The van der Waals surface area contributed by atoms with Gasteiger partial charge < -0.3 is 29.9 Å². The minimum atomic E-state index is 0. The first-order valence-corrected chi connectivity index (χ1v) is 10.3. The summed E-state index contributed by atoms with van der Waals surface area (Å²) in [5.74, 6) is 2.41. The lowest BCUT2D eigenvalue weighted by atomic mass is 10.1. The van der Waals surface area contributed by atoms with Crippen LogP contribution < -0.4 is 20.1 Å². The SMILES string of the molecule is CCNC(=NCCN1CCCN(C)CC1)NCCc1ccc(OC)c(OC)c1.I. The summed E-state index contributed by atoms with van der Waals surface area (Å²) in [5, 5.41) is 6.77. The Morgan fingerprint density at radius 3 is 2.59 bits per heavy atom. The van der Waals surface area contributed by atoms with Gasteiger partial charge in [-0.3, -0.25) is 4.99 Å². The van der Waals surface area contributed by atoms with Crippen LogP contribution in [0.3, 0.4) is 0 Å². The second-order valence-corrected chi connectivity index (χ2v) is 7.13. The fraction of sp³-hybridized carbons (Fsp3) is 0.667. The average Bonchev–Trinajstić information content (AvgIpc) is 2.92. The maximum absolute atomic E-state index is 5.38. The van der Waals surface area contributed by atoms with Crippen LogP contribution in [0.25, 0.3) is 0 Å². The van der Waals surface area contributed by atoms with Crippen LogP contribution in [0.2, 0.25) is 0 Å². The van der Waals surface area contributed by atoms with Gasteiger partial charge in [-0.1, -0.05) is 6.07 Å². The van der Waals surface area contributed by atoms with Crippen molar-refractivity contribution in [3.63, 3.8) is 0 Å². The molecule has 0 spiro atoms. The van der Waals surface area contributed by atoms with Gasteiger partial charge in [0.15, 0.2) is 17.5 Å². The summed E-state index contributed by atoms with van der Waals surface area (Å²) in [5.41, 5.74) is 1.20. The average molecular weight is 519 g/mol. The monoisotopic (exact) mass is 519 g/mol. The third kappa shape index (κ3) is 9.39. The van der Waals surface area contributed by atoms with Crippen molar-refractivity contribution in [2.24, 2.45) is 4.99 Å². The number of likely N-dealkylation sites (N-methyl/N-ethyl adjacent to an activating group) is 1. The molecular weight excluding hydrogens is 481 g/mol. The van der Waals surface area contributed by atoms with E-state index >= 15 is 0 Å². The molecule has 0 saturated carbocycles. The molecule has 0 radical (unpaired) electrons. The van der Waals surface area contributed by atoms with E-state index in [9.17, 15) is 0 Å². The van der Waals surface area contributed by atoms with Gasteiger partial charge in [0.2, 0.25) is 0 Å². The van der Waals surface area contributed by atoms with Gasteiger partial charge in [-0.25, -0.2) is 0 Å². The van der Waals surface area contributed by atoms with E-state index in [0.29, 0.717) is 0 Å². The minimum absolute atomic E-state index is 0. The first kappa shape index (κ1) is 25.8. The summed E-state index contributed by atoms with van der Waals surface area (Å²) < 4.78 is 10.7. The molecule has 0 atom stereocenters. The number of guanidine groups is 1. The number of benzene rings is 1. The van der Waals surface area contributed by atoms with Crippen molar-refractivity contribution in [2.45, 2.75) is 19.8 Å². The molecule has 0 aliphatic carbocycles. The Labute approximate surface area is 193 Å². The van der Waals surface area contributed by atoms with Crippen LogP contribution in [0.5, 0.6) is 11.5 Å². The number of methoxy groups -OCH3 is 2. The molecule has 1 aliphatic rings. The van der Waals surface area contributed by atoms with Crippen LogP contribution in [0.4, 0.5) is 0 Å². The van der Waals surface area contributed by atoms with E-state index in [-0.39, 0.29) is 24.0 Å². The quantitative estimate of drug-likeness (QED) is 0.296. The molecule has 1 aliphatic heterocycles. The molecular formula is C21H38IN5O2. The van der Waals surface area contributed by atoms with Crippen molar-refractivity contribution in [1.29, 1.82) is 0 Å². The molecule has 1 aromatic carbocycles. The molecule has 0 unspecified atom stereocenters. The molecule has 7 nitrogen and oxygen atoms in total. The molecule has 8 heteroatoms. The molecule has 0 bridgehead atoms. The molecule has 2 rings (SSSR count). The van der Waals surface area contributed by atoms with Crippen LogP contribution in [0.1, 0.15) is 18.9 Å². The number of rotatable bonds is 9. The first-order valence-electron chi connectivity index (χ1n) is 10.3. The zero-order valence-electron chi connectivity index (χ0n) is 18.4. The van der Waals surface area contributed by atoms with Gasteiger partial charge in [-0.2, -0.15) is 0 Å². The molecule has 1 fully saturated rings. The highest BCUT2D eigenvalue weighted by atomic mass is 127. The Hall–Kier alpha value is -1.26. The third-order valence-electron chi connectivity index (χ3n) is 5.00. The third-order valence-corrected chi connectivity index (χ3v) is 5.00. The summed E-state index contributed by atoms with van der Waals surface area (Å²) in [6.45, 7) is 10.2. The van der Waals surface area contributed by atoms with Crippen LogP contribution >= 0.6 is 24.0 Å². The van der Waals surface area contributed by atoms with Gasteiger partial charge in [-0.05, 0) is 57.6 Å². The molecule has 166 valence electrons. The molecule has 0 amide bonds. The smallest absolute Gasteiger partial charge is 0.191 e. The molecule has 1 saturated heterocycles. The highest BCUT2D eigenvalue weighted by molar-refractivity contribution is 14.0. The van der Waals surface area contributed by atoms with Crippen molar-refractivity contribution in [3.05, 3.63) is 23.8 Å². The highest BCUT2D eigenvalue weighted by Crippen LogP contribution is 2.27. The largest absolute Gasteiger partial charge is 0.493 e. The number of aliphatic imine (C=N–C) groups is 1. The predicted molar refractivity (Wildman–Crippen MR) is 131 cm³/mol. The van der Waals surface area contributed by atoms with Crippen LogP contribution in [-0.2, 0) is 6.42 Å². The molecule has 29 heavy (non-hydrogen) atoms. The standard InChI is InChI=1S/C21H37N5O2.HI/c1-5-22-21(24-11-14-26-13-6-12-25(2)15-16-26)23-10-9-18-7-8-19(27-3)20(17-18)28-4;/h7-8,17H,5-6,9-16H2,1-4H3,(H2,22,23,24);1H. The van der Waals surface area contributed by atoms with E-state index in [1.165, 1.54) is 25.1 Å². The zero-order valence-corrected chi connectivity index (χ0v) is 20.7. The normalized spacial score (nSPS) is 15.9. The Morgan fingerprint density at radius 1 is 1.07 bits per heavy atom. The van der Waals surface area contributed by atoms with E-state index < -0.39 is 0 Å². The van der Waals surface area contributed by atoms with Crippen molar-refractivity contribution in [2.75, 3.05) is 73.6 Å². The van der Waals surface area contributed by atoms with Gasteiger partial charge in [0.1, 0.15) is 0 Å². The summed E-state index contributed by atoms with van der Waals surface area (Å²) in [6.07, 6.45) is 2.13. The number of halogens is 1. The summed E-state index contributed by atoms with van der Waals surface area (Å²) in [6, 6.07) is 6.05. The number of nitrogens with one attached hydrogen (secondary N) is 2. The van der Waals surface area contributed by atoms with E-state index in [0.717, 1.165) is 63.1 Å². The van der Waals surface area contributed by atoms with Crippen molar-refractivity contribution < 1.29 is 9.47 Å². The topological polar surface area (TPSA) is 61.4 Å². The number of ether oxygens (including phenoxy) is 2. The Morgan fingerprint density at radius 2 is 1.86 bits per heavy atom. The molecule has 1 heterocycles. The summed E-state index contributed by atoms with van der Waals surface area (Å²) >= 11 is 0. The lowest BCUT2D eigenvalue weighted by Crippen LogP contribution is -2.39. The second kappa shape index (κ2) is 14.7. The Balaban J connectivity index is 0.00000420. The van der Waals surface area contributed by atoms with E-state index in [1.807, 2.05) is 12.1 Å².